The molecule has 1 amide bonds. The maximum atomic E-state index is 13.5. The molecular weight excluding hydrogens is 444 g/mol. The van der Waals surface area contributed by atoms with E-state index in [-0.39, 0.29) is 28.8 Å². The maximum absolute atomic E-state index is 13.5. The Morgan fingerprint density at radius 2 is 1.50 bits per heavy atom. The van der Waals surface area contributed by atoms with Crippen molar-refractivity contribution in [3.63, 3.8) is 0 Å². The van der Waals surface area contributed by atoms with Crippen molar-refractivity contribution in [3.05, 3.63) is 95.6 Å². The molecule has 0 saturated carbocycles. The third-order valence-electron chi connectivity index (χ3n) is 5.91. The summed E-state index contributed by atoms with van der Waals surface area (Å²) in [5.74, 6) is -0.369. The van der Waals surface area contributed by atoms with Gasteiger partial charge in [-0.3, -0.25) is 9.10 Å². The van der Waals surface area contributed by atoms with E-state index < -0.39 is 10.0 Å². The minimum atomic E-state index is -3.92. The van der Waals surface area contributed by atoms with E-state index >= 15 is 0 Å². The van der Waals surface area contributed by atoms with Gasteiger partial charge in [0.2, 0.25) is 5.91 Å². The molecule has 6 heteroatoms. The lowest BCUT2D eigenvalue weighted by Gasteiger charge is -2.25. The molecule has 1 N–H and O–H groups in total. The third kappa shape index (κ3) is 6.06. The number of rotatable bonds is 8. The zero-order valence-corrected chi connectivity index (χ0v) is 21.4. The van der Waals surface area contributed by atoms with E-state index in [2.05, 4.69) is 38.2 Å². The lowest BCUT2D eigenvalue weighted by atomic mass is 9.86. The molecule has 34 heavy (non-hydrogen) atoms. The number of anilines is 1. The average molecular weight is 479 g/mol. The van der Waals surface area contributed by atoms with Crippen LogP contribution in [0.25, 0.3) is 0 Å². The van der Waals surface area contributed by atoms with Gasteiger partial charge in [0.25, 0.3) is 10.0 Å². The van der Waals surface area contributed by atoms with E-state index in [1.54, 1.807) is 42.5 Å². The third-order valence-corrected chi connectivity index (χ3v) is 7.69. The summed E-state index contributed by atoms with van der Waals surface area (Å²) in [6.45, 7) is 10.1. The molecule has 3 aromatic rings. The Balaban J connectivity index is 1.83. The summed E-state index contributed by atoms with van der Waals surface area (Å²) in [6.07, 6.45) is 0.845. The molecule has 0 aliphatic heterocycles. The van der Waals surface area contributed by atoms with Crippen molar-refractivity contribution in [1.29, 1.82) is 0 Å². The molecule has 0 unspecified atom stereocenters. The molecule has 0 fully saturated rings. The van der Waals surface area contributed by atoms with E-state index in [0.29, 0.717) is 5.69 Å². The first-order valence-electron chi connectivity index (χ1n) is 11.6. The predicted octanol–water partition coefficient (Wildman–Crippen LogP) is 5.62. The van der Waals surface area contributed by atoms with Crippen LogP contribution in [-0.4, -0.2) is 20.9 Å². The molecule has 180 valence electrons. The first-order valence-corrected chi connectivity index (χ1v) is 13.0. The molecule has 3 rings (SSSR count). The fraction of sp³-hybridized carbons (Fsp3) is 0.321. The van der Waals surface area contributed by atoms with Crippen LogP contribution in [0.15, 0.2) is 83.8 Å². The van der Waals surface area contributed by atoms with Gasteiger partial charge in [0, 0.05) is 0 Å². The number of benzene rings is 3. The first-order chi connectivity index (χ1) is 16.0. The number of carbonyl (C=O) groups is 1. The zero-order valence-electron chi connectivity index (χ0n) is 20.6. The Bertz CT molecular complexity index is 1200. The molecule has 1 atom stereocenters. The van der Waals surface area contributed by atoms with Crippen molar-refractivity contribution >= 4 is 21.6 Å². The van der Waals surface area contributed by atoms with Gasteiger partial charge in [-0.2, -0.15) is 0 Å². The first kappa shape index (κ1) is 25.5. The summed E-state index contributed by atoms with van der Waals surface area (Å²) in [5.41, 5.74) is 3.78. The molecule has 0 aliphatic rings. The number of sulfonamides is 1. The van der Waals surface area contributed by atoms with Gasteiger partial charge in [0.1, 0.15) is 6.54 Å². The normalized spacial score (nSPS) is 12.7. The average Bonchev–Trinajstić information content (AvgIpc) is 2.82. The number of nitrogens with one attached hydrogen (secondary N) is 1. The van der Waals surface area contributed by atoms with Crippen molar-refractivity contribution in [1.82, 2.24) is 5.32 Å². The number of nitrogens with zero attached hydrogens (tertiary/aromatic N) is 1. The van der Waals surface area contributed by atoms with E-state index in [1.165, 1.54) is 9.87 Å². The lowest BCUT2D eigenvalue weighted by Crippen LogP contribution is -2.41. The van der Waals surface area contributed by atoms with Gasteiger partial charge in [-0.25, -0.2) is 8.42 Å². The maximum Gasteiger partial charge on any atom is 0.264 e. The highest BCUT2D eigenvalue weighted by Gasteiger charge is 2.27. The SMILES string of the molecule is CCc1ccc(N(CC(=O)N[C@H](C)c2ccc(C(C)(C)C)cc2)S(=O)(=O)c2ccccc2)cc1. The number of aryl methyl sites for hydroxylation is 1. The van der Waals surface area contributed by atoms with Gasteiger partial charge in [0.05, 0.1) is 16.6 Å². The Morgan fingerprint density at radius 3 is 2.03 bits per heavy atom. The van der Waals surface area contributed by atoms with Crippen LogP contribution in [0, 0.1) is 0 Å². The van der Waals surface area contributed by atoms with Crippen molar-refractivity contribution in [3.8, 4) is 0 Å². The number of amides is 1. The predicted molar refractivity (Wildman–Crippen MR) is 138 cm³/mol. The van der Waals surface area contributed by atoms with Crippen molar-refractivity contribution in [2.24, 2.45) is 0 Å². The number of carbonyl (C=O) groups excluding carboxylic acids is 1. The standard InChI is InChI=1S/C28H34N2O3S/c1-6-22-12-18-25(19-13-22)30(34(32,33)26-10-8-7-9-11-26)20-27(31)29-21(2)23-14-16-24(17-15-23)28(3,4)5/h7-19,21H,6,20H2,1-5H3,(H,29,31)/t21-/m1/s1. The smallest absolute Gasteiger partial charge is 0.264 e. The van der Waals surface area contributed by atoms with Crippen LogP contribution < -0.4 is 9.62 Å². The highest BCUT2D eigenvalue weighted by molar-refractivity contribution is 7.92. The molecule has 0 bridgehead atoms. The van der Waals surface area contributed by atoms with Crippen LogP contribution in [0.2, 0.25) is 0 Å². The highest BCUT2D eigenvalue weighted by atomic mass is 32.2. The molecule has 0 radical (unpaired) electrons. The second-order valence-electron chi connectivity index (χ2n) is 9.51. The second-order valence-corrected chi connectivity index (χ2v) is 11.4. The summed E-state index contributed by atoms with van der Waals surface area (Å²) in [4.78, 5) is 13.2. The van der Waals surface area contributed by atoms with Gasteiger partial charge in [-0.1, -0.05) is 82.3 Å². The van der Waals surface area contributed by atoms with Crippen molar-refractivity contribution in [2.75, 3.05) is 10.8 Å². The molecule has 0 aromatic heterocycles. The fourth-order valence-electron chi connectivity index (χ4n) is 3.71. The van der Waals surface area contributed by atoms with E-state index in [9.17, 15) is 13.2 Å². The minimum Gasteiger partial charge on any atom is -0.348 e. The fourth-order valence-corrected chi connectivity index (χ4v) is 5.15. The van der Waals surface area contributed by atoms with Gasteiger partial charge < -0.3 is 5.32 Å². The van der Waals surface area contributed by atoms with Crippen LogP contribution >= 0.6 is 0 Å². The Kier molecular flexibility index (Phi) is 7.82. The largest absolute Gasteiger partial charge is 0.348 e. The quantitative estimate of drug-likeness (QED) is 0.457. The molecular formula is C28H34N2O3S. The van der Waals surface area contributed by atoms with Gasteiger partial charge in [-0.05, 0) is 59.7 Å². The Hall–Kier alpha value is -3.12. The second kappa shape index (κ2) is 10.4. The Morgan fingerprint density at radius 1 is 0.912 bits per heavy atom. The summed E-state index contributed by atoms with van der Waals surface area (Å²) in [7, 11) is -3.92. The summed E-state index contributed by atoms with van der Waals surface area (Å²) in [5, 5.41) is 2.96. The summed E-state index contributed by atoms with van der Waals surface area (Å²) >= 11 is 0. The molecule has 5 nitrogen and oxygen atoms in total. The van der Waals surface area contributed by atoms with Crippen LogP contribution in [0.1, 0.15) is 57.4 Å². The summed E-state index contributed by atoms with van der Waals surface area (Å²) < 4.78 is 28.1. The van der Waals surface area contributed by atoms with Crippen molar-refractivity contribution in [2.45, 2.75) is 57.4 Å². The molecule has 0 heterocycles. The molecule has 0 spiro atoms. The van der Waals surface area contributed by atoms with Gasteiger partial charge in [0.15, 0.2) is 0 Å². The van der Waals surface area contributed by atoms with Gasteiger partial charge >= 0.3 is 0 Å². The Labute approximate surface area is 203 Å². The lowest BCUT2D eigenvalue weighted by molar-refractivity contribution is -0.120. The van der Waals surface area contributed by atoms with E-state index in [0.717, 1.165) is 17.5 Å². The van der Waals surface area contributed by atoms with Crippen molar-refractivity contribution < 1.29 is 13.2 Å². The molecule has 0 saturated heterocycles. The minimum absolute atomic E-state index is 0.0463. The summed E-state index contributed by atoms with van der Waals surface area (Å²) in [6, 6.07) is 23.4. The monoisotopic (exact) mass is 478 g/mol. The van der Waals surface area contributed by atoms with Crippen LogP contribution in [0.4, 0.5) is 5.69 Å². The van der Waals surface area contributed by atoms with Crippen LogP contribution in [-0.2, 0) is 26.7 Å². The van der Waals surface area contributed by atoms with Gasteiger partial charge in [-0.15, -0.1) is 0 Å². The zero-order chi connectivity index (χ0) is 24.9. The van der Waals surface area contributed by atoms with E-state index in [4.69, 9.17) is 0 Å². The topological polar surface area (TPSA) is 66.5 Å². The van der Waals surface area contributed by atoms with Crippen LogP contribution in [0.5, 0.6) is 0 Å². The number of hydrogen-bond donors (Lipinski definition) is 1. The molecule has 3 aromatic carbocycles. The van der Waals surface area contributed by atoms with E-state index in [1.807, 2.05) is 38.1 Å². The number of hydrogen-bond acceptors (Lipinski definition) is 3. The van der Waals surface area contributed by atoms with Crippen LogP contribution in [0.3, 0.4) is 0 Å². The molecule has 0 aliphatic carbocycles. The highest BCUT2D eigenvalue weighted by Crippen LogP contribution is 2.26.